The van der Waals surface area contributed by atoms with Crippen LogP contribution < -0.4 is 16.6 Å². The van der Waals surface area contributed by atoms with Gasteiger partial charge in [-0.2, -0.15) is 0 Å². The molecule has 94 valence electrons. The van der Waals surface area contributed by atoms with E-state index in [-0.39, 0.29) is 6.42 Å². The van der Waals surface area contributed by atoms with Crippen LogP contribution in [0, 0.1) is 0 Å². The smallest absolute Gasteiger partial charge is 0.332 e. The molecule has 0 unspecified atom stereocenters. The lowest BCUT2D eigenvalue weighted by Crippen LogP contribution is -2.37. The van der Waals surface area contributed by atoms with Crippen molar-refractivity contribution in [1.82, 2.24) is 9.13 Å². The Bertz CT molecular complexity index is 529. The first-order chi connectivity index (χ1) is 7.93. The molecule has 1 aromatic heterocycles. The van der Waals surface area contributed by atoms with E-state index in [1.54, 1.807) is 7.05 Å². The van der Waals surface area contributed by atoms with Gasteiger partial charge in [-0.05, 0) is 6.42 Å². The number of nitrogens with zero attached hydrogens (tertiary/aromatic N) is 2. The Morgan fingerprint density at radius 2 is 2.00 bits per heavy atom. The lowest BCUT2D eigenvalue weighted by Gasteiger charge is -2.10. The minimum Gasteiger partial charge on any atom is -0.481 e. The van der Waals surface area contributed by atoms with E-state index >= 15 is 0 Å². The number of hydrogen-bond donors (Lipinski definition) is 2. The Kier molecular flexibility index (Phi) is 4.08. The third-order valence-electron chi connectivity index (χ3n) is 2.40. The molecule has 2 N–H and O–H groups in total. The molecule has 1 aromatic rings. The van der Waals surface area contributed by atoms with Crippen molar-refractivity contribution in [2.45, 2.75) is 12.8 Å². The monoisotopic (exact) mass is 241 g/mol. The quantitative estimate of drug-likeness (QED) is 0.669. The molecule has 0 amide bonds. The third kappa shape index (κ3) is 3.20. The van der Waals surface area contributed by atoms with E-state index in [9.17, 15) is 14.4 Å². The van der Waals surface area contributed by atoms with Gasteiger partial charge in [-0.3, -0.25) is 18.7 Å². The maximum Gasteiger partial charge on any atom is 0.332 e. The van der Waals surface area contributed by atoms with Crippen LogP contribution in [0.15, 0.2) is 15.7 Å². The number of carboxylic acids is 1. The van der Waals surface area contributed by atoms with Gasteiger partial charge in [0.25, 0.3) is 5.56 Å². The van der Waals surface area contributed by atoms with Crippen LogP contribution in [0.1, 0.15) is 12.8 Å². The number of hydrogen-bond acceptors (Lipinski definition) is 4. The Labute approximate surface area is 97.3 Å². The highest BCUT2D eigenvalue weighted by Crippen LogP contribution is 1.99. The van der Waals surface area contributed by atoms with E-state index in [4.69, 9.17) is 5.11 Å². The summed E-state index contributed by atoms with van der Waals surface area (Å²) in [6.45, 7) is 0.396. The summed E-state index contributed by atoms with van der Waals surface area (Å²) in [5.41, 5.74) is -0.813. The standard InChI is InChI=1S/C10H15N3O4/c1-12-7(11-5-3-4-9(15)16)6-8(14)13(2)10(12)17/h6,11H,3-5H2,1-2H3,(H,15,16). The minimum absolute atomic E-state index is 0.0474. The number of rotatable bonds is 5. The maximum absolute atomic E-state index is 11.5. The van der Waals surface area contributed by atoms with Crippen LogP contribution in [0.25, 0.3) is 0 Å². The molecular formula is C10H15N3O4. The van der Waals surface area contributed by atoms with Crippen molar-refractivity contribution in [3.8, 4) is 0 Å². The zero-order valence-corrected chi connectivity index (χ0v) is 9.77. The topological polar surface area (TPSA) is 93.3 Å². The summed E-state index contributed by atoms with van der Waals surface area (Å²) in [5, 5.41) is 11.3. The molecule has 1 rings (SSSR count). The molecule has 0 saturated heterocycles. The first kappa shape index (κ1) is 13.0. The first-order valence-corrected chi connectivity index (χ1v) is 5.16. The van der Waals surface area contributed by atoms with Crippen molar-refractivity contribution in [1.29, 1.82) is 0 Å². The van der Waals surface area contributed by atoms with Crippen molar-refractivity contribution in [3.63, 3.8) is 0 Å². The van der Waals surface area contributed by atoms with Gasteiger partial charge in [0.15, 0.2) is 0 Å². The second kappa shape index (κ2) is 5.33. The van der Waals surface area contributed by atoms with Gasteiger partial charge >= 0.3 is 11.7 Å². The molecule has 0 atom stereocenters. The van der Waals surface area contributed by atoms with Crippen molar-refractivity contribution in [2.24, 2.45) is 14.1 Å². The molecule has 0 aliphatic rings. The summed E-state index contributed by atoms with van der Waals surface area (Å²) in [6.07, 6.45) is 0.477. The van der Waals surface area contributed by atoms with Gasteiger partial charge in [-0.25, -0.2) is 4.79 Å². The highest BCUT2D eigenvalue weighted by Gasteiger charge is 2.05. The first-order valence-electron chi connectivity index (χ1n) is 5.16. The van der Waals surface area contributed by atoms with Gasteiger partial charge in [0.05, 0.1) is 0 Å². The average molecular weight is 241 g/mol. The fraction of sp³-hybridized carbons (Fsp3) is 0.500. The highest BCUT2D eigenvalue weighted by atomic mass is 16.4. The predicted octanol–water partition coefficient (Wildman–Crippen LogP) is -0.639. The summed E-state index contributed by atoms with van der Waals surface area (Å²) in [7, 11) is 2.94. The normalized spacial score (nSPS) is 10.2. The summed E-state index contributed by atoms with van der Waals surface area (Å²) in [5.74, 6) is -0.479. The van der Waals surface area contributed by atoms with Crippen LogP contribution in [-0.4, -0.2) is 26.8 Å². The van der Waals surface area contributed by atoms with Crippen LogP contribution in [0.2, 0.25) is 0 Å². The zero-order valence-electron chi connectivity index (χ0n) is 9.77. The molecule has 0 fully saturated rings. The fourth-order valence-electron chi connectivity index (χ4n) is 1.36. The Morgan fingerprint density at radius 3 is 2.59 bits per heavy atom. The van der Waals surface area contributed by atoms with E-state index in [2.05, 4.69) is 5.32 Å². The number of aliphatic carboxylic acids is 1. The maximum atomic E-state index is 11.5. The predicted molar refractivity (Wildman–Crippen MR) is 62.3 cm³/mol. The third-order valence-corrected chi connectivity index (χ3v) is 2.40. The number of carboxylic acid groups (broad SMARTS) is 1. The molecule has 0 spiro atoms. The fourth-order valence-corrected chi connectivity index (χ4v) is 1.36. The molecule has 0 bridgehead atoms. The Hall–Kier alpha value is -2.05. The summed E-state index contributed by atoms with van der Waals surface area (Å²) >= 11 is 0. The van der Waals surface area contributed by atoms with Gasteiger partial charge in [-0.1, -0.05) is 0 Å². The van der Waals surface area contributed by atoms with Crippen LogP contribution >= 0.6 is 0 Å². The van der Waals surface area contributed by atoms with Gasteiger partial charge in [0, 0.05) is 33.1 Å². The zero-order chi connectivity index (χ0) is 13.0. The summed E-state index contributed by atoms with van der Waals surface area (Å²) in [4.78, 5) is 33.2. The summed E-state index contributed by atoms with van der Waals surface area (Å²) < 4.78 is 2.31. The molecule has 0 saturated carbocycles. The van der Waals surface area contributed by atoms with E-state index in [1.807, 2.05) is 0 Å². The van der Waals surface area contributed by atoms with Gasteiger partial charge in [0.2, 0.25) is 0 Å². The van der Waals surface area contributed by atoms with E-state index < -0.39 is 17.2 Å². The average Bonchev–Trinajstić information content (AvgIpc) is 2.27. The minimum atomic E-state index is -0.871. The number of anilines is 1. The molecular weight excluding hydrogens is 226 g/mol. The van der Waals surface area contributed by atoms with Crippen LogP contribution in [0.4, 0.5) is 5.82 Å². The Balaban J connectivity index is 2.76. The number of nitrogens with one attached hydrogen (secondary N) is 1. The number of aromatic nitrogens is 2. The van der Waals surface area contributed by atoms with E-state index in [1.165, 1.54) is 17.7 Å². The highest BCUT2D eigenvalue weighted by molar-refractivity contribution is 5.66. The van der Waals surface area contributed by atoms with Gasteiger partial charge in [0.1, 0.15) is 5.82 Å². The van der Waals surface area contributed by atoms with Crippen LogP contribution in [0.5, 0.6) is 0 Å². The second-order valence-corrected chi connectivity index (χ2v) is 3.69. The second-order valence-electron chi connectivity index (χ2n) is 3.69. The van der Waals surface area contributed by atoms with Crippen molar-refractivity contribution < 1.29 is 9.90 Å². The molecule has 17 heavy (non-hydrogen) atoms. The van der Waals surface area contributed by atoms with Crippen molar-refractivity contribution in [3.05, 3.63) is 26.9 Å². The molecule has 7 heteroatoms. The SMILES string of the molecule is Cn1c(NCCCC(=O)O)cc(=O)n(C)c1=O. The lowest BCUT2D eigenvalue weighted by atomic mass is 10.3. The van der Waals surface area contributed by atoms with Crippen LogP contribution in [0.3, 0.4) is 0 Å². The molecule has 0 aliphatic carbocycles. The largest absolute Gasteiger partial charge is 0.481 e. The molecule has 0 aliphatic heterocycles. The van der Waals surface area contributed by atoms with Crippen molar-refractivity contribution >= 4 is 11.8 Å². The molecule has 7 nitrogen and oxygen atoms in total. The number of carbonyl (C=O) groups is 1. The summed E-state index contributed by atoms with van der Waals surface area (Å²) in [6, 6.07) is 1.31. The lowest BCUT2D eigenvalue weighted by molar-refractivity contribution is -0.137. The van der Waals surface area contributed by atoms with Crippen molar-refractivity contribution in [2.75, 3.05) is 11.9 Å². The molecule has 1 heterocycles. The van der Waals surface area contributed by atoms with Crippen LogP contribution in [-0.2, 0) is 18.9 Å². The van der Waals surface area contributed by atoms with E-state index in [0.29, 0.717) is 18.8 Å². The molecule has 0 radical (unpaired) electrons. The van der Waals surface area contributed by atoms with Gasteiger partial charge < -0.3 is 10.4 Å². The molecule has 0 aromatic carbocycles. The Morgan fingerprint density at radius 1 is 1.35 bits per heavy atom. The van der Waals surface area contributed by atoms with E-state index in [0.717, 1.165) is 4.57 Å². The van der Waals surface area contributed by atoms with Gasteiger partial charge in [-0.15, -0.1) is 0 Å².